The SMILES string of the molecule is CN(CCN1C(=O)CS[C@@H]1c1ccccc1Cl)C(=O)C1CCC1. The molecule has 1 aromatic rings. The van der Waals surface area contributed by atoms with E-state index in [1.807, 2.05) is 36.2 Å². The molecule has 1 saturated heterocycles. The molecule has 2 fully saturated rings. The summed E-state index contributed by atoms with van der Waals surface area (Å²) in [5, 5.41) is 0.631. The van der Waals surface area contributed by atoms with Gasteiger partial charge in [-0.15, -0.1) is 11.8 Å². The third-order valence-corrected chi connectivity index (χ3v) is 6.23. The summed E-state index contributed by atoms with van der Waals surface area (Å²) in [6.07, 6.45) is 3.16. The number of thioether (sulfide) groups is 1. The number of hydrogen-bond donors (Lipinski definition) is 0. The number of carbonyl (C=O) groups is 2. The maximum atomic E-state index is 12.2. The third kappa shape index (κ3) is 3.50. The van der Waals surface area contributed by atoms with E-state index in [9.17, 15) is 9.59 Å². The Morgan fingerprint density at radius 2 is 2.13 bits per heavy atom. The summed E-state index contributed by atoms with van der Waals surface area (Å²) in [6, 6.07) is 7.65. The molecule has 0 aromatic heterocycles. The van der Waals surface area contributed by atoms with Gasteiger partial charge in [0.2, 0.25) is 11.8 Å². The van der Waals surface area contributed by atoms with Gasteiger partial charge < -0.3 is 9.80 Å². The van der Waals surface area contributed by atoms with Crippen LogP contribution in [0.2, 0.25) is 5.02 Å². The summed E-state index contributed by atoms with van der Waals surface area (Å²) in [5.41, 5.74) is 0.970. The lowest BCUT2D eigenvalue weighted by molar-refractivity contribution is -0.138. The molecule has 2 amide bonds. The molecule has 1 saturated carbocycles. The standard InChI is InChI=1S/C17H21ClN2O2S/c1-19(16(22)12-5-4-6-12)9-10-20-15(21)11-23-17(20)13-7-2-3-8-14(13)18/h2-3,7-8,12,17H,4-6,9-11H2,1H3/t17-/m1/s1. The van der Waals surface area contributed by atoms with Crippen LogP contribution in [0.25, 0.3) is 0 Å². The van der Waals surface area contributed by atoms with Gasteiger partial charge in [-0.1, -0.05) is 36.2 Å². The van der Waals surface area contributed by atoms with E-state index in [1.54, 1.807) is 16.7 Å². The molecule has 0 bridgehead atoms. The third-order valence-electron chi connectivity index (χ3n) is 4.65. The quantitative estimate of drug-likeness (QED) is 0.817. The van der Waals surface area contributed by atoms with Crippen LogP contribution in [0.5, 0.6) is 0 Å². The molecule has 1 aliphatic heterocycles. The number of carbonyl (C=O) groups excluding carboxylic acids is 2. The highest BCUT2D eigenvalue weighted by Crippen LogP contribution is 2.41. The Labute approximate surface area is 146 Å². The molecular weight excluding hydrogens is 332 g/mol. The second-order valence-electron chi connectivity index (χ2n) is 6.16. The first-order chi connectivity index (χ1) is 11.1. The van der Waals surface area contributed by atoms with E-state index in [1.165, 1.54) is 0 Å². The van der Waals surface area contributed by atoms with Gasteiger partial charge in [-0.2, -0.15) is 0 Å². The Bertz CT molecular complexity index is 606. The lowest BCUT2D eigenvalue weighted by Crippen LogP contribution is -2.41. The monoisotopic (exact) mass is 352 g/mol. The van der Waals surface area contributed by atoms with Gasteiger partial charge in [0.25, 0.3) is 0 Å². The van der Waals surface area contributed by atoms with Gasteiger partial charge in [-0.05, 0) is 18.9 Å². The van der Waals surface area contributed by atoms with Crippen molar-refractivity contribution < 1.29 is 9.59 Å². The molecule has 124 valence electrons. The zero-order valence-electron chi connectivity index (χ0n) is 13.2. The van der Waals surface area contributed by atoms with Gasteiger partial charge in [0, 0.05) is 36.6 Å². The van der Waals surface area contributed by atoms with Crippen LogP contribution in [0.3, 0.4) is 0 Å². The van der Waals surface area contributed by atoms with Gasteiger partial charge in [0.1, 0.15) is 5.37 Å². The molecule has 1 aromatic carbocycles. The van der Waals surface area contributed by atoms with Crippen molar-refractivity contribution in [1.29, 1.82) is 0 Å². The van der Waals surface area contributed by atoms with Gasteiger partial charge in [0.05, 0.1) is 5.75 Å². The van der Waals surface area contributed by atoms with E-state index in [0.717, 1.165) is 24.8 Å². The van der Waals surface area contributed by atoms with Crippen molar-refractivity contribution in [2.75, 3.05) is 25.9 Å². The fraction of sp³-hybridized carbons (Fsp3) is 0.529. The van der Waals surface area contributed by atoms with Crippen molar-refractivity contribution in [1.82, 2.24) is 9.80 Å². The van der Waals surface area contributed by atoms with Crippen LogP contribution in [0.15, 0.2) is 24.3 Å². The topological polar surface area (TPSA) is 40.6 Å². The Balaban J connectivity index is 1.64. The van der Waals surface area contributed by atoms with Crippen LogP contribution in [0, 0.1) is 5.92 Å². The number of rotatable bonds is 5. The average Bonchev–Trinajstić information content (AvgIpc) is 2.84. The zero-order chi connectivity index (χ0) is 16.4. The van der Waals surface area contributed by atoms with Gasteiger partial charge in [0.15, 0.2) is 0 Å². The largest absolute Gasteiger partial charge is 0.344 e. The molecule has 23 heavy (non-hydrogen) atoms. The number of hydrogen-bond acceptors (Lipinski definition) is 3. The smallest absolute Gasteiger partial charge is 0.233 e. The molecule has 6 heteroatoms. The second kappa shape index (κ2) is 7.14. The molecule has 3 rings (SSSR count). The summed E-state index contributed by atoms with van der Waals surface area (Å²) in [4.78, 5) is 28.0. The van der Waals surface area contributed by atoms with Crippen molar-refractivity contribution >= 4 is 35.2 Å². The van der Waals surface area contributed by atoms with E-state index >= 15 is 0 Å². The van der Waals surface area contributed by atoms with Crippen LogP contribution in [-0.4, -0.2) is 47.5 Å². The number of likely N-dealkylation sites (N-methyl/N-ethyl adjacent to an activating group) is 1. The molecule has 0 radical (unpaired) electrons. The Morgan fingerprint density at radius 1 is 1.39 bits per heavy atom. The van der Waals surface area contributed by atoms with Crippen LogP contribution in [-0.2, 0) is 9.59 Å². The van der Waals surface area contributed by atoms with E-state index in [2.05, 4.69) is 0 Å². The number of amides is 2. The molecule has 1 aliphatic carbocycles. The lowest BCUT2D eigenvalue weighted by atomic mass is 9.84. The highest BCUT2D eigenvalue weighted by Gasteiger charge is 2.34. The minimum absolute atomic E-state index is 0.0524. The summed E-state index contributed by atoms with van der Waals surface area (Å²) < 4.78 is 0. The van der Waals surface area contributed by atoms with Crippen LogP contribution < -0.4 is 0 Å². The van der Waals surface area contributed by atoms with Crippen molar-refractivity contribution in [3.8, 4) is 0 Å². The van der Waals surface area contributed by atoms with Crippen molar-refractivity contribution in [3.05, 3.63) is 34.9 Å². The van der Waals surface area contributed by atoms with E-state index in [4.69, 9.17) is 11.6 Å². The lowest BCUT2D eigenvalue weighted by Gasteiger charge is -2.31. The normalized spacial score (nSPS) is 21.4. The molecule has 1 heterocycles. The summed E-state index contributed by atoms with van der Waals surface area (Å²) in [7, 11) is 1.83. The van der Waals surface area contributed by atoms with Crippen molar-refractivity contribution in [2.45, 2.75) is 24.6 Å². The summed E-state index contributed by atoms with van der Waals surface area (Å²) >= 11 is 7.88. The summed E-state index contributed by atoms with van der Waals surface area (Å²) in [5.74, 6) is 0.994. The minimum atomic E-state index is -0.0524. The predicted octanol–water partition coefficient (Wildman–Crippen LogP) is 3.17. The number of halogens is 1. The molecule has 2 aliphatic rings. The zero-order valence-corrected chi connectivity index (χ0v) is 14.8. The van der Waals surface area contributed by atoms with Gasteiger partial charge >= 0.3 is 0 Å². The van der Waals surface area contributed by atoms with Gasteiger partial charge in [-0.25, -0.2) is 0 Å². The first-order valence-corrected chi connectivity index (χ1v) is 9.41. The molecular formula is C17H21ClN2O2S. The highest BCUT2D eigenvalue weighted by atomic mass is 35.5. The summed E-state index contributed by atoms with van der Waals surface area (Å²) in [6.45, 7) is 1.12. The predicted molar refractivity (Wildman–Crippen MR) is 93.3 cm³/mol. The number of nitrogens with zero attached hydrogens (tertiary/aromatic N) is 2. The Kier molecular flexibility index (Phi) is 5.17. The average molecular weight is 353 g/mol. The van der Waals surface area contributed by atoms with E-state index in [0.29, 0.717) is 23.9 Å². The Hall–Kier alpha value is -1.20. The van der Waals surface area contributed by atoms with Crippen LogP contribution in [0.4, 0.5) is 0 Å². The minimum Gasteiger partial charge on any atom is -0.344 e. The van der Waals surface area contributed by atoms with Crippen molar-refractivity contribution in [3.63, 3.8) is 0 Å². The molecule has 0 N–H and O–H groups in total. The maximum absolute atomic E-state index is 12.2. The van der Waals surface area contributed by atoms with E-state index < -0.39 is 0 Å². The first-order valence-electron chi connectivity index (χ1n) is 7.98. The number of benzene rings is 1. The van der Waals surface area contributed by atoms with Gasteiger partial charge in [-0.3, -0.25) is 9.59 Å². The highest BCUT2D eigenvalue weighted by molar-refractivity contribution is 8.00. The first kappa shape index (κ1) is 16.7. The molecule has 0 unspecified atom stereocenters. The van der Waals surface area contributed by atoms with E-state index in [-0.39, 0.29) is 23.1 Å². The maximum Gasteiger partial charge on any atom is 0.233 e. The second-order valence-corrected chi connectivity index (χ2v) is 7.64. The Morgan fingerprint density at radius 3 is 2.78 bits per heavy atom. The fourth-order valence-corrected chi connectivity index (χ4v) is 4.52. The van der Waals surface area contributed by atoms with Crippen LogP contribution in [0.1, 0.15) is 30.2 Å². The molecule has 1 atom stereocenters. The van der Waals surface area contributed by atoms with Crippen molar-refractivity contribution in [2.24, 2.45) is 5.92 Å². The molecule has 4 nitrogen and oxygen atoms in total. The van der Waals surface area contributed by atoms with Crippen LogP contribution >= 0.6 is 23.4 Å². The molecule has 0 spiro atoms. The fourth-order valence-electron chi connectivity index (χ4n) is 2.96.